The minimum atomic E-state index is -4.70. The molecule has 0 aliphatic heterocycles. The van der Waals surface area contributed by atoms with E-state index in [0.717, 1.165) is 38.5 Å². The van der Waals surface area contributed by atoms with Gasteiger partial charge in [-0.3, -0.25) is 18.9 Å². The molecule has 0 N–H and O–H groups in total. The summed E-state index contributed by atoms with van der Waals surface area (Å²) >= 11 is 0. The van der Waals surface area contributed by atoms with E-state index in [0.29, 0.717) is 17.4 Å². The zero-order chi connectivity index (χ0) is 46.5. The molecule has 0 saturated carbocycles. The molecule has 0 radical (unpaired) electrons. The van der Waals surface area contributed by atoms with Gasteiger partial charge in [-0.1, -0.05) is 171 Å². The normalized spacial score (nSPS) is 13.9. The number of phosphoric ester groups is 1. The van der Waals surface area contributed by atoms with E-state index in [4.69, 9.17) is 18.5 Å². The Kier molecular flexibility index (Phi) is 41.5. The van der Waals surface area contributed by atoms with Gasteiger partial charge in [-0.25, -0.2) is 0 Å². The van der Waals surface area contributed by atoms with Gasteiger partial charge in [-0.05, 0) is 70.3 Å². The SMILES string of the molecule is CCCCC/C=C\C/C=C\C/C=C\C=C\C(=O)CCCC(=O)O[C@H](COC(=O)CCCCCCCCCCCCC/C=C\CCCCCCCC)COP(=O)([O-])OCC[N+](C)(C)C. The Morgan fingerprint density at radius 3 is 1.60 bits per heavy atom. The molecule has 63 heavy (non-hydrogen) atoms. The molecule has 0 heterocycles. The Bertz CT molecular complexity index is 1320. The molecule has 11 heteroatoms. The van der Waals surface area contributed by atoms with Crippen molar-refractivity contribution >= 4 is 25.5 Å². The molecule has 0 aromatic carbocycles. The van der Waals surface area contributed by atoms with Crippen LogP contribution < -0.4 is 4.89 Å². The Hall–Kier alpha value is -2.62. The number of carbonyl (C=O) groups is 3. The van der Waals surface area contributed by atoms with E-state index in [2.05, 4.69) is 50.3 Å². The van der Waals surface area contributed by atoms with Gasteiger partial charge in [0.05, 0.1) is 27.7 Å². The highest BCUT2D eigenvalue weighted by atomic mass is 31.2. The number of ketones is 1. The van der Waals surface area contributed by atoms with Crippen LogP contribution in [0, 0.1) is 0 Å². The highest BCUT2D eigenvalue weighted by Gasteiger charge is 2.22. The summed E-state index contributed by atoms with van der Waals surface area (Å²) < 4.78 is 33.7. The summed E-state index contributed by atoms with van der Waals surface area (Å²) in [5.41, 5.74) is 0. The highest BCUT2D eigenvalue weighted by molar-refractivity contribution is 7.45. The van der Waals surface area contributed by atoms with Gasteiger partial charge in [0.1, 0.15) is 19.8 Å². The van der Waals surface area contributed by atoms with Gasteiger partial charge in [0.15, 0.2) is 11.9 Å². The maximum atomic E-state index is 12.7. The number of ether oxygens (including phenoxy) is 2. The molecule has 0 aliphatic rings. The molecule has 0 aliphatic carbocycles. The first-order chi connectivity index (χ1) is 30.4. The number of unbranched alkanes of at least 4 members (excludes halogenated alkanes) is 20. The molecule has 0 amide bonds. The predicted octanol–water partition coefficient (Wildman–Crippen LogP) is 13.4. The van der Waals surface area contributed by atoms with Crippen molar-refractivity contribution in [1.29, 1.82) is 0 Å². The first kappa shape index (κ1) is 60.4. The number of allylic oxidation sites excluding steroid dienone is 10. The van der Waals surface area contributed by atoms with Crippen molar-refractivity contribution in [3.63, 3.8) is 0 Å². The number of hydrogen-bond donors (Lipinski definition) is 0. The number of likely N-dealkylation sites (N-methyl/N-ethyl adjacent to an activating group) is 1. The quantitative estimate of drug-likeness (QED) is 0.0112. The molecule has 2 atom stereocenters. The van der Waals surface area contributed by atoms with Crippen LogP contribution in [0.15, 0.2) is 60.8 Å². The molecule has 0 fully saturated rings. The van der Waals surface area contributed by atoms with Gasteiger partial charge in [0.25, 0.3) is 7.82 Å². The fraction of sp³-hybridized carbons (Fsp3) is 0.750. The summed E-state index contributed by atoms with van der Waals surface area (Å²) in [7, 11) is 1.02. The Balaban J connectivity index is 4.42. The minimum absolute atomic E-state index is 0.0655. The van der Waals surface area contributed by atoms with E-state index in [1.807, 2.05) is 33.3 Å². The molecule has 0 spiro atoms. The fourth-order valence-electron chi connectivity index (χ4n) is 6.54. The maximum absolute atomic E-state index is 12.7. The van der Waals surface area contributed by atoms with Crippen molar-refractivity contribution in [3.8, 4) is 0 Å². The predicted molar refractivity (Wildman–Crippen MR) is 259 cm³/mol. The third-order valence-corrected chi connectivity index (χ3v) is 11.5. The Labute approximate surface area is 385 Å². The molecule has 10 nitrogen and oxygen atoms in total. The monoisotopic (exact) mass is 906 g/mol. The van der Waals surface area contributed by atoms with Crippen LogP contribution in [0.1, 0.15) is 200 Å². The maximum Gasteiger partial charge on any atom is 0.306 e. The van der Waals surface area contributed by atoms with E-state index in [1.165, 1.54) is 122 Å². The number of hydrogen-bond acceptors (Lipinski definition) is 9. The standard InChI is InChI=1S/C52H92NO9P/c1-6-8-10-12-14-16-18-20-21-22-23-24-25-26-27-29-31-33-35-37-39-43-51(55)59-47-50(48-61-63(57,58)60-46-45-53(3,4)5)62-52(56)44-40-42-49(54)41-38-36-34-32-30-28-19-17-15-13-11-9-7-2/h15,17,20-21,28,30,34,36,38,41,50H,6-14,16,18-19,22-27,29,31-33,35,37,39-40,42-48H2,1-5H3/b17-15-,21-20-,30-28-,36-34-,41-38+/t50-/m1/s1. The molecular weight excluding hydrogens is 814 g/mol. The first-order valence-electron chi connectivity index (χ1n) is 24.9. The molecule has 0 aromatic heterocycles. The number of esters is 2. The second-order valence-corrected chi connectivity index (χ2v) is 19.3. The minimum Gasteiger partial charge on any atom is -0.756 e. The van der Waals surface area contributed by atoms with Gasteiger partial charge in [-0.15, -0.1) is 0 Å². The Morgan fingerprint density at radius 2 is 1.02 bits per heavy atom. The van der Waals surface area contributed by atoms with Crippen LogP contribution in [0.4, 0.5) is 0 Å². The Morgan fingerprint density at radius 1 is 0.540 bits per heavy atom. The number of rotatable bonds is 45. The zero-order valence-corrected chi connectivity index (χ0v) is 41.6. The average Bonchev–Trinajstić information content (AvgIpc) is 3.23. The van der Waals surface area contributed by atoms with Crippen molar-refractivity contribution in [2.24, 2.45) is 0 Å². The van der Waals surface area contributed by atoms with Crippen molar-refractivity contribution in [1.82, 2.24) is 0 Å². The second kappa shape index (κ2) is 43.3. The van der Waals surface area contributed by atoms with E-state index in [1.54, 1.807) is 6.08 Å². The molecule has 0 bridgehead atoms. The lowest BCUT2D eigenvalue weighted by Gasteiger charge is -2.28. The van der Waals surface area contributed by atoms with Gasteiger partial charge < -0.3 is 27.9 Å². The number of carbonyl (C=O) groups excluding carboxylic acids is 3. The van der Waals surface area contributed by atoms with Crippen LogP contribution >= 0.6 is 7.82 Å². The van der Waals surface area contributed by atoms with Crippen molar-refractivity contribution in [2.75, 3.05) is 47.5 Å². The second-order valence-electron chi connectivity index (χ2n) is 17.9. The van der Waals surface area contributed by atoms with Gasteiger partial charge in [0, 0.05) is 19.3 Å². The van der Waals surface area contributed by atoms with Crippen LogP contribution in [0.2, 0.25) is 0 Å². The van der Waals surface area contributed by atoms with E-state index in [9.17, 15) is 23.8 Å². The first-order valence-corrected chi connectivity index (χ1v) is 26.4. The van der Waals surface area contributed by atoms with E-state index < -0.39 is 32.5 Å². The summed E-state index contributed by atoms with van der Waals surface area (Å²) in [5, 5.41) is 0. The summed E-state index contributed by atoms with van der Waals surface area (Å²) in [5.74, 6) is -1.21. The number of phosphoric acid groups is 1. The summed E-state index contributed by atoms with van der Waals surface area (Å²) in [6.45, 7) is 3.92. The highest BCUT2D eigenvalue weighted by Crippen LogP contribution is 2.38. The zero-order valence-electron chi connectivity index (χ0n) is 40.8. The average molecular weight is 906 g/mol. The van der Waals surface area contributed by atoms with E-state index in [-0.39, 0.29) is 44.7 Å². The lowest BCUT2D eigenvalue weighted by molar-refractivity contribution is -0.870. The third-order valence-electron chi connectivity index (χ3n) is 10.5. The molecule has 1 unspecified atom stereocenters. The summed E-state index contributed by atoms with van der Waals surface area (Å²) in [6, 6.07) is 0. The molecule has 0 aromatic rings. The van der Waals surface area contributed by atoms with Crippen LogP contribution in [0.3, 0.4) is 0 Å². The smallest absolute Gasteiger partial charge is 0.306 e. The molecular formula is C52H92NO9P. The summed E-state index contributed by atoms with van der Waals surface area (Å²) in [6.07, 6.45) is 49.7. The largest absolute Gasteiger partial charge is 0.756 e. The van der Waals surface area contributed by atoms with Gasteiger partial charge >= 0.3 is 11.9 Å². The molecule has 0 rings (SSSR count). The van der Waals surface area contributed by atoms with Crippen LogP contribution in [-0.4, -0.2) is 75.8 Å². The van der Waals surface area contributed by atoms with Crippen molar-refractivity contribution < 1.29 is 46.8 Å². The lowest BCUT2D eigenvalue weighted by atomic mass is 10.0. The van der Waals surface area contributed by atoms with Gasteiger partial charge in [-0.2, -0.15) is 0 Å². The van der Waals surface area contributed by atoms with Gasteiger partial charge in [0.2, 0.25) is 0 Å². The van der Waals surface area contributed by atoms with Crippen LogP contribution in [0.25, 0.3) is 0 Å². The topological polar surface area (TPSA) is 128 Å². The van der Waals surface area contributed by atoms with Crippen molar-refractivity contribution in [2.45, 2.75) is 206 Å². The van der Waals surface area contributed by atoms with Crippen LogP contribution in [-0.2, 0) is 37.5 Å². The lowest BCUT2D eigenvalue weighted by Crippen LogP contribution is -2.37. The number of quaternary nitrogens is 1. The fourth-order valence-corrected chi connectivity index (χ4v) is 7.27. The molecule has 364 valence electrons. The van der Waals surface area contributed by atoms with Crippen molar-refractivity contribution in [3.05, 3.63) is 60.8 Å². The summed E-state index contributed by atoms with van der Waals surface area (Å²) in [4.78, 5) is 50.0. The van der Waals surface area contributed by atoms with Crippen LogP contribution in [0.5, 0.6) is 0 Å². The molecule has 0 saturated heterocycles. The number of nitrogens with zero attached hydrogens (tertiary/aromatic N) is 1. The van der Waals surface area contributed by atoms with E-state index >= 15 is 0 Å². The third kappa shape index (κ3) is 47.2.